The van der Waals surface area contributed by atoms with Crippen molar-refractivity contribution < 1.29 is 19.4 Å². The molecule has 1 amide bonds. The molecule has 172 valence electrons. The van der Waals surface area contributed by atoms with Gasteiger partial charge in [-0.25, -0.2) is 9.59 Å². The number of aliphatic carboxylic acids is 1. The lowest BCUT2D eigenvalue weighted by molar-refractivity contribution is -0.159. The second-order valence-electron chi connectivity index (χ2n) is 6.87. The summed E-state index contributed by atoms with van der Waals surface area (Å²) in [6.45, 7) is 0.403. The number of carbonyl (C=O) groups excluding carboxylic acids is 1. The number of amides is 1. The van der Waals surface area contributed by atoms with Gasteiger partial charge in [0.2, 0.25) is 5.91 Å². The maximum absolute atomic E-state index is 12.3. The molecule has 0 spiro atoms. The summed E-state index contributed by atoms with van der Waals surface area (Å²) < 4.78 is 6.57. The van der Waals surface area contributed by atoms with E-state index in [1.807, 2.05) is 0 Å². The van der Waals surface area contributed by atoms with E-state index in [2.05, 4.69) is 10.3 Å². The first kappa shape index (κ1) is 25.9. The molecule has 1 aliphatic heterocycles. The summed E-state index contributed by atoms with van der Waals surface area (Å²) in [6, 6.07) is -0.0702. The van der Waals surface area contributed by atoms with Gasteiger partial charge in [0.1, 0.15) is 5.82 Å². The number of nitrogen functional groups attached to an aromatic ring is 1. The lowest BCUT2D eigenvalue weighted by atomic mass is 10.1. The molecule has 4 atom stereocenters. The van der Waals surface area contributed by atoms with Crippen LogP contribution in [0.4, 0.5) is 5.82 Å². The smallest absolute Gasteiger partial charge is 0.351 e. The number of carbonyl (C=O) groups is 2. The Balaban J connectivity index is 0.00000480. The Hall–Kier alpha value is -3.16. The standard InChI is InChI=1S/C17H26N8O5.ClH/c1-24(16(20)21)6-4-9(18)8-12(26)22-10-2-3-13(30-14(10)15(27)28)25-7-5-11(19)23-17(25)29;/h2-3,5,7,9-10,13-14H,4,6,8,18H2,1H3,(H3,20,21)(H,22,26)(H,27,28)(H2,19,23,29);1H/t9-,10-,13?,14-;/m0./s1. The minimum atomic E-state index is -1.42. The molecule has 0 saturated carbocycles. The van der Waals surface area contributed by atoms with Gasteiger partial charge >= 0.3 is 11.7 Å². The van der Waals surface area contributed by atoms with E-state index < -0.39 is 42.0 Å². The number of carboxylic acid groups (broad SMARTS) is 1. The first-order chi connectivity index (χ1) is 14.1. The lowest BCUT2D eigenvalue weighted by Gasteiger charge is -2.31. The van der Waals surface area contributed by atoms with E-state index in [1.54, 1.807) is 7.05 Å². The number of nitrogens with one attached hydrogen (secondary N) is 2. The summed E-state index contributed by atoms with van der Waals surface area (Å²) >= 11 is 0. The van der Waals surface area contributed by atoms with E-state index in [9.17, 15) is 19.5 Å². The van der Waals surface area contributed by atoms with Gasteiger partial charge in [0.25, 0.3) is 0 Å². The Morgan fingerprint density at radius 2 is 2.13 bits per heavy atom. The average Bonchev–Trinajstić information content (AvgIpc) is 2.66. The molecule has 2 rings (SSSR count). The van der Waals surface area contributed by atoms with Crippen LogP contribution in [0.5, 0.6) is 0 Å². The molecule has 1 aromatic rings. The second-order valence-corrected chi connectivity index (χ2v) is 6.87. The molecule has 0 radical (unpaired) electrons. The molecular formula is C17H27ClN8O5. The fourth-order valence-electron chi connectivity index (χ4n) is 2.77. The number of carboxylic acids is 1. The van der Waals surface area contributed by atoms with Crippen molar-refractivity contribution in [1.82, 2.24) is 19.8 Å². The average molecular weight is 459 g/mol. The molecule has 0 saturated heterocycles. The van der Waals surface area contributed by atoms with Gasteiger partial charge in [-0.1, -0.05) is 6.08 Å². The molecule has 13 nitrogen and oxygen atoms in total. The number of nitrogens with zero attached hydrogens (tertiary/aromatic N) is 3. The van der Waals surface area contributed by atoms with Gasteiger partial charge in [-0.05, 0) is 18.6 Å². The van der Waals surface area contributed by atoms with Gasteiger partial charge < -0.3 is 37.3 Å². The van der Waals surface area contributed by atoms with E-state index in [0.717, 1.165) is 4.57 Å². The highest BCUT2D eigenvalue weighted by molar-refractivity contribution is 5.85. The molecule has 1 aromatic heterocycles. The largest absolute Gasteiger partial charge is 0.479 e. The first-order valence-corrected chi connectivity index (χ1v) is 9.10. The van der Waals surface area contributed by atoms with Gasteiger partial charge in [0.15, 0.2) is 18.3 Å². The summed E-state index contributed by atoms with van der Waals surface area (Å²) in [5.41, 5.74) is 16.0. The van der Waals surface area contributed by atoms with Crippen molar-refractivity contribution in [3.8, 4) is 0 Å². The number of ether oxygens (including phenoxy) is 1. The normalized spacial score (nSPS) is 20.9. The molecule has 2 heterocycles. The van der Waals surface area contributed by atoms with E-state index in [1.165, 1.54) is 29.3 Å². The Bertz CT molecular complexity index is 892. The molecule has 9 N–H and O–H groups in total. The van der Waals surface area contributed by atoms with E-state index >= 15 is 0 Å². The highest BCUT2D eigenvalue weighted by Crippen LogP contribution is 2.20. The minimum Gasteiger partial charge on any atom is -0.479 e. The van der Waals surface area contributed by atoms with Gasteiger partial charge in [0.05, 0.1) is 6.04 Å². The van der Waals surface area contributed by atoms with Crippen LogP contribution in [0.25, 0.3) is 0 Å². The van der Waals surface area contributed by atoms with E-state index in [-0.39, 0.29) is 30.6 Å². The first-order valence-electron chi connectivity index (χ1n) is 9.10. The van der Waals surface area contributed by atoms with Gasteiger partial charge in [-0.2, -0.15) is 4.98 Å². The zero-order valence-electron chi connectivity index (χ0n) is 16.8. The fourth-order valence-corrected chi connectivity index (χ4v) is 2.77. The van der Waals surface area contributed by atoms with Crippen LogP contribution in [0.1, 0.15) is 19.1 Å². The predicted octanol–water partition coefficient (Wildman–Crippen LogP) is -1.80. The molecule has 0 aromatic carbocycles. The monoisotopic (exact) mass is 458 g/mol. The summed E-state index contributed by atoms with van der Waals surface area (Å²) in [7, 11) is 1.63. The molecule has 14 heteroatoms. The minimum absolute atomic E-state index is 0. The van der Waals surface area contributed by atoms with Crippen LogP contribution in [-0.2, 0) is 14.3 Å². The maximum Gasteiger partial charge on any atom is 0.351 e. The summed E-state index contributed by atoms with van der Waals surface area (Å²) in [5, 5.41) is 19.4. The quantitative estimate of drug-likeness (QED) is 0.146. The number of hydrogen-bond donors (Lipinski definition) is 6. The summed E-state index contributed by atoms with van der Waals surface area (Å²) in [4.78, 5) is 40.9. The van der Waals surface area contributed by atoms with Crippen molar-refractivity contribution in [2.75, 3.05) is 19.3 Å². The zero-order chi connectivity index (χ0) is 22.4. The van der Waals surface area contributed by atoms with Crippen LogP contribution >= 0.6 is 12.4 Å². The third kappa shape index (κ3) is 7.24. The fraction of sp³-hybridized carbons (Fsp3) is 0.471. The number of rotatable bonds is 8. The summed E-state index contributed by atoms with van der Waals surface area (Å²) in [6.07, 6.45) is 2.17. The topological polar surface area (TPSA) is 216 Å². The summed E-state index contributed by atoms with van der Waals surface area (Å²) in [5.74, 6) is -1.84. The lowest BCUT2D eigenvalue weighted by Crippen LogP contribution is -2.51. The van der Waals surface area contributed by atoms with Crippen LogP contribution in [0.3, 0.4) is 0 Å². The molecule has 0 bridgehead atoms. The van der Waals surface area contributed by atoms with E-state index in [4.69, 9.17) is 27.3 Å². The number of anilines is 1. The Labute approximate surface area is 184 Å². The Morgan fingerprint density at radius 3 is 2.71 bits per heavy atom. The number of hydrogen-bond acceptors (Lipinski definition) is 8. The third-order valence-corrected chi connectivity index (χ3v) is 4.49. The molecule has 1 unspecified atom stereocenters. The molecule has 0 fully saturated rings. The van der Waals surface area contributed by atoms with Crippen molar-refractivity contribution in [3.05, 3.63) is 34.9 Å². The second kappa shape index (κ2) is 11.3. The predicted molar refractivity (Wildman–Crippen MR) is 115 cm³/mol. The van der Waals surface area contributed by atoms with Crippen LogP contribution < -0.4 is 28.2 Å². The number of aromatic nitrogens is 2. The van der Waals surface area contributed by atoms with Crippen molar-refractivity contribution in [2.24, 2.45) is 11.5 Å². The van der Waals surface area contributed by atoms with E-state index in [0.29, 0.717) is 13.0 Å². The van der Waals surface area contributed by atoms with Crippen LogP contribution in [0, 0.1) is 5.41 Å². The third-order valence-electron chi connectivity index (χ3n) is 4.49. The van der Waals surface area contributed by atoms with Gasteiger partial charge in [-0.15, -0.1) is 12.4 Å². The van der Waals surface area contributed by atoms with Crippen LogP contribution in [-0.4, -0.2) is 69.2 Å². The number of nitrogens with two attached hydrogens (primary N) is 3. The van der Waals surface area contributed by atoms with Crippen LogP contribution in [0.15, 0.2) is 29.2 Å². The van der Waals surface area contributed by atoms with Crippen molar-refractivity contribution in [3.63, 3.8) is 0 Å². The highest BCUT2D eigenvalue weighted by Gasteiger charge is 2.35. The van der Waals surface area contributed by atoms with Crippen molar-refractivity contribution in [1.29, 1.82) is 5.41 Å². The number of guanidine groups is 1. The Kier molecular flexibility index (Phi) is 9.42. The van der Waals surface area contributed by atoms with Gasteiger partial charge in [-0.3, -0.25) is 14.8 Å². The zero-order valence-corrected chi connectivity index (χ0v) is 17.6. The molecule has 1 aliphatic rings. The molecule has 31 heavy (non-hydrogen) atoms. The molecule has 0 aliphatic carbocycles. The number of halogens is 1. The van der Waals surface area contributed by atoms with Crippen molar-refractivity contribution >= 4 is 36.1 Å². The maximum atomic E-state index is 12.3. The SMILES string of the molecule is CN(CC[C@H](N)CC(=O)N[C@H]1C=CC(n2ccc(N)nc2=O)O[C@@H]1C(=O)O)C(=N)N.Cl. The highest BCUT2D eigenvalue weighted by atomic mass is 35.5. The Morgan fingerprint density at radius 1 is 1.45 bits per heavy atom. The van der Waals surface area contributed by atoms with Gasteiger partial charge in [0, 0.05) is 32.3 Å². The molecular weight excluding hydrogens is 432 g/mol. The van der Waals surface area contributed by atoms with Crippen LogP contribution in [0.2, 0.25) is 0 Å². The van der Waals surface area contributed by atoms with Crippen molar-refractivity contribution in [2.45, 2.75) is 37.3 Å².